The molecule has 1 heterocycles. The molecular weight excluding hydrogens is 514 g/mol. The molecule has 2 aromatic carbocycles. The van der Waals surface area contributed by atoms with Crippen LogP contribution in [0.1, 0.15) is 45.6 Å². The number of aromatic nitrogens is 1. The number of carbonyl (C=O) groups excluding carboxylic acids is 2. The van der Waals surface area contributed by atoms with Crippen molar-refractivity contribution in [2.45, 2.75) is 32.2 Å². The van der Waals surface area contributed by atoms with Gasteiger partial charge in [0.2, 0.25) is 0 Å². The summed E-state index contributed by atoms with van der Waals surface area (Å²) < 4.78 is 49.4. The van der Waals surface area contributed by atoms with Crippen molar-refractivity contribution in [3.63, 3.8) is 0 Å². The maximum absolute atomic E-state index is 14.1. The number of nitrogens with zero attached hydrogens (tertiary/aromatic N) is 1. The number of rotatable bonds is 12. The maximum atomic E-state index is 14.1. The summed E-state index contributed by atoms with van der Waals surface area (Å²) in [7, 11) is 4.27. The highest BCUT2D eigenvalue weighted by Gasteiger charge is 2.29. The summed E-state index contributed by atoms with van der Waals surface area (Å²) in [4.78, 5) is 29.1. The van der Waals surface area contributed by atoms with Crippen LogP contribution in [0.3, 0.4) is 0 Å². The Labute approximate surface area is 224 Å². The summed E-state index contributed by atoms with van der Waals surface area (Å²) in [5.74, 6) is -3.62. The van der Waals surface area contributed by atoms with Crippen molar-refractivity contribution in [3.8, 4) is 11.5 Å². The minimum Gasteiger partial charge on any atom is -0.503 e. The van der Waals surface area contributed by atoms with E-state index >= 15 is 0 Å². The van der Waals surface area contributed by atoms with Crippen LogP contribution >= 0.6 is 0 Å². The first-order valence-electron chi connectivity index (χ1n) is 11.9. The molecule has 3 aromatic rings. The molecule has 9 nitrogen and oxygen atoms in total. The predicted octanol–water partition coefficient (Wildman–Crippen LogP) is 3.86. The van der Waals surface area contributed by atoms with Crippen LogP contribution in [-0.4, -0.2) is 55.9 Å². The van der Waals surface area contributed by atoms with Crippen LogP contribution < -0.4 is 10.1 Å². The topological polar surface area (TPSA) is 116 Å². The molecule has 11 heteroatoms. The van der Waals surface area contributed by atoms with Crippen molar-refractivity contribution in [3.05, 3.63) is 88.2 Å². The van der Waals surface area contributed by atoms with Gasteiger partial charge in [-0.05, 0) is 53.4 Å². The minimum absolute atomic E-state index is 0.0477. The molecule has 208 valence electrons. The Morgan fingerprint density at radius 1 is 0.949 bits per heavy atom. The third kappa shape index (κ3) is 7.27. The van der Waals surface area contributed by atoms with Gasteiger partial charge in [-0.1, -0.05) is 12.1 Å². The SMILES string of the molecule is COCc1cc(F)ccc1C(c1ccc(F)cc1COC)C(C)OC(=O)CNC(=O)c1nccc(OC)c1O. The Hall–Kier alpha value is -4.09. The number of halogens is 2. The molecule has 0 aliphatic heterocycles. The number of pyridine rings is 1. The Kier molecular flexibility index (Phi) is 10.3. The molecule has 3 rings (SSSR count). The molecule has 0 saturated carbocycles. The zero-order valence-corrected chi connectivity index (χ0v) is 22.0. The second-order valence-electron chi connectivity index (χ2n) is 8.62. The normalized spacial score (nSPS) is 11.8. The van der Waals surface area contributed by atoms with Gasteiger partial charge in [-0.2, -0.15) is 0 Å². The van der Waals surface area contributed by atoms with Gasteiger partial charge in [-0.3, -0.25) is 9.59 Å². The Morgan fingerprint density at radius 3 is 2.03 bits per heavy atom. The molecule has 0 spiro atoms. The molecule has 0 radical (unpaired) electrons. The highest BCUT2D eigenvalue weighted by atomic mass is 19.1. The molecule has 1 unspecified atom stereocenters. The van der Waals surface area contributed by atoms with E-state index in [1.807, 2.05) is 0 Å². The van der Waals surface area contributed by atoms with E-state index in [1.54, 1.807) is 19.1 Å². The molecular formula is C28H30F2N2O7. The van der Waals surface area contributed by atoms with Crippen LogP contribution in [0.15, 0.2) is 48.7 Å². The summed E-state index contributed by atoms with van der Waals surface area (Å²) in [6, 6.07) is 9.73. The lowest BCUT2D eigenvalue weighted by Crippen LogP contribution is -2.34. The van der Waals surface area contributed by atoms with E-state index in [0.717, 1.165) is 0 Å². The van der Waals surface area contributed by atoms with E-state index in [4.69, 9.17) is 18.9 Å². The Bertz CT molecular complexity index is 1260. The zero-order valence-electron chi connectivity index (χ0n) is 22.0. The fourth-order valence-electron chi connectivity index (χ4n) is 4.31. The van der Waals surface area contributed by atoms with Gasteiger partial charge < -0.3 is 29.4 Å². The van der Waals surface area contributed by atoms with Crippen molar-refractivity contribution >= 4 is 11.9 Å². The molecule has 0 aliphatic rings. The van der Waals surface area contributed by atoms with E-state index in [0.29, 0.717) is 22.3 Å². The second-order valence-corrected chi connectivity index (χ2v) is 8.62. The smallest absolute Gasteiger partial charge is 0.325 e. The van der Waals surface area contributed by atoms with E-state index in [9.17, 15) is 23.5 Å². The number of carbonyl (C=O) groups is 2. The number of amides is 1. The van der Waals surface area contributed by atoms with Gasteiger partial charge in [0.25, 0.3) is 5.91 Å². The fraction of sp³-hybridized carbons (Fsp3) is 0.321. The molecule has 1 atom stereocenters. The Balaban J connectivity index is 1.88. The van der Waals surface area contributed by atoms with Crippen LogP contribution in [0.4, 0.5) is 8.78 Å². The van der Waals surface area contributed by atoms with Crippen LogP contribution in [0.25, 0.3) is 0 Å². The van der Waals surface area contributed by atoms with E-state index in [-0.39, 0.29) is 24.7 Å². The summed E-state index contributed by atoms with van der Waals surface area (Å²) in [6.45, 7) is 1.27. The highest BCUT2D eigenvalue weighted by Crippen LogP contribution is 2.35. The van der Waals surface area contributed by atoms with Gasteiger partial charge in [0.05, 0.1) is 20.3 Å². The molecule has 1 amide bonds. The quantitative estimate of drug-likeness (QED) is 0.330. The standard InChI is InChI=1S/C28H30F2N2O7/c1-16(39-24(33)13-32-28(35)26-27(34)23(38-4)9-10-31-26)25(21-7-5-19(29)11-17(21)14-36-2)22-8-6-20(30)12-18(22)15-37-3/h5-12,16,25,34H,13-15H2,1-4H3,(H,32,35). The number of esters is 1. The number of ether oxygens (including phenoxy) is 4. The van der Waals surface area contributed by atoms with Crippen molar-refractivity contribution in [2.75, 3.05) is 27.9 Å². The van der Waals surface area contributed by atoms with Crippen LogP contribution in [0.5, 0.6) is 11.5 Å². The van der Waals surface area contributed by atoms with E-state index in [1.165, 1.54) is 57.9 Å². The number of methoxy groups -OCH3 is 3. The molecule has 1 aromatic heterocycles. The average molecular weight is 545 g/mol. The maximum Gasteiger partial charge on any atom is 0.325 e. The third-order valence-electron chi connectivity index (χ3n) is 5.98. The van der Waals surface area contributed by atoms with Gasteiger partial charge in [-0.15, -0.1) is 0 Å². The van der Waals surface area contributed by atoms with Crippen molar-refractivity contribution in [2.24, 2.45) is 0 Å². The van der Waals surface area contributed by atoms with Gasteiger partial charge in [0.15, 0.2) is 17.2 Å². The lowest BCUT2D eigenvalue weighted by Gasteiger charge is -2.29. The summed E-state index contributed by atoms with van der Waals surface area (Å²) >= 11 is 0. The number of hydrogen-bond acceptors (Lipinski definition) is 8. The van der Waals surface area contributed by atoms with Gasteiger partial charge in [0.1, 0.15) is 24.3 Å². The largest absolute Gasteiger partial charge is 0.503 e. The summed E-state index contributed by atoms with van der Waals surface area (Å²) in [6.07, 6.45) is 0.430. The first-order chi connectivity index (χ1) is 18.7. The number of hydrogen-bond donors (Lipinski definition) is 2. The fourth-order valence-corrected chi connectivity index (χ4v) is 4.31. The summed E-state index contributed by atoms with van der Waals surface area (Å²) in [5, 5.41) is 12.5. The second kappa shape index (κ2) is 13.6. The van der Waals surface area contributed by atoms with Gasteiger partial charge >= 0.3 is 5.97 Å². The van der Waals surface area contributed by atoms with Gasteiger partial charge in [0, 0.05) is 32.4 Å². The lowest BCUT2D eigenvalue weighted by molar-refractivity contribution is -0.147. The Morgan fingerprint density at radius 2 is 1.51 bits per heavy atom. The number of aromatic hydroxyl groups is 1. The van der Waals surface area contributed by atoms with Crippen molar-refractivity contribution in [1.29, 1.82) is 0 Å². The lowest BCUT2D eigenvalue weighted by atomic mass is 9.82. The molecule has 2 N–H and O–H groups in total. The zero-order chi connectivity index (χ0) is 28.5. The van der Waals surface area contributed by atoms with Crippen LogP contribution in [-0.2, 0) is 32.2 Å². The first-order valence-corrected chi connectivity index (χ1v) is 11.9. The molecule has 0 bridgehead atoms. The van der Waals surface area contributed by atoms with Crippen LogP contribution in [0.2, 0.25) is 0 Å². The van der Waals surface area contributed by atoms with E-state index < -0.39 is 47.8 Å². The van der Waals surface area contributed by atoms with Crippen molar-refractivity contribution < 1.29 is 42.4 Å². The summed E-state index contributed by atoms with van der Waals surface area (Å²) in [5.41, 5.74) is 1.94. The highest BCUT2D eigenvalue weighted by molar-refractivity contribution is 5.97. The van der Waals surface area contributed by atoms with Crippen LogP contribution in [0, 0.1) is 11.6 Å². The number of nitrogens with one attached hydrogen (secondary N) is 1. The first kappa shape index (κ1) is 29.5. The molecule has 0 saturated heterocycles. The molecule has 0 aliphatic carbocycles. The third-order valence-corrected chi connectivity index (χ3v) is 5.98. The van der Waals surface area contributed by atoms with E-state index in [2.05, 4.69) is 10.3 Å². The molecule has 0 fully saturated rings. The van der Waals surface area contributed by atoms with Gasteiger partial charge in [-0.25, -0.2) is 13.8 Å². The minimum atomic E-state index is -0.847. The monoisotopic (exact) mass is 544 g/mol. The molecule has 39 heavy (non-hydrogen) atoms. The number of benzene rings is 2. The average Bonchev–Trinajstić information content (AvgIpc) is 2.90. The predicted molar refractivity (Wildman–Crippen MR) is 136 cm³/mol. The van der Waals surface area contributed by atoms with Crippen molar-refractivity contribution in [1.82, 2.24) is 10.3 Å².